The van der Waals surface area contributed by atoms with Crippen LogP contribution in [0.4, 0.5) is 18.9 Å². The third-order valence-electron chi connectivity index (χ3n) is 5.01. The summed E-state index contributed by atoms with van der Waals surface area (Å²) in [6, 6.07) is 10.2. The van der Waals surface area contributed by atoms with Gasteiger partial charge in [0.05, 0.1) is 11.5 Å². The molecular formula is C22H23F3N2O2. The quantitative estimate of drug-likeness (QED) is 0.798. The molecule has 29 heavy (non-hydrogen) atoms. The molecular weight excluding hydrogens is 381 g/mol. The Labute approximate surface area is 167 Å². The van der Waals surface area contributed by atoms with Crippen molar-refractivity contribution >= 4 is 17.5 Å². The number of amides is 2. The van der Waals surface area contributed by atoms with Gasteiger partial charge in [-0.05, 0) is 57.0 Å². The first kappa shape index (κ1) is 20.9. The average Bonchev–Trinajstić information content (AvgIpc) is 2.66. The number of hydrogen-bond acceptors (Lipinski definition) is 2. The minimum absolute atomic E-state index is 0.0996. The van der Waals surface area contributed by atoms with E-state index in [1.54, 1.807) is 4.90 Å². The highest BCUT2D eigenvalue weighted by Crippen LogP contribution is 2.31. The summed E-state index contributed by atoms with van der Waals surface area (Å²) >= 11 is 0. The van der Waals surface area contributed by atoms with Gasteiger partial charge in [-0.1, -0.05) is 23.3 Å². The Morgan fingerprint density at radius 3 is 2.41 bits per heavy atom. The maximum absolute atomic E-state index is 12.9. The van der Waals surface area contributed by atoms with E-state index < -0.39 is 17.7 Å². The summed E-state index contributed by atoms with van der Waals surface area (Å²) in [5.41, 5.74) is 1.85. The van der Waals surface area contributed by atoms with Gasteiger partial charge < -0.3 is 10.2 Å². The molecule has 4 nitrogen and oxygen atoms in total. The lowest BCUT2D eigenvalue weighted by molar-refractivity contribution is -0.137. The van der Waals surface area contributed by atoms with E-state index in [-0.39, 0.29) is 24.0 Å². The Balaban J connectivity index is 1.69. The number of carbonyl (C=O) groups excluding carboxylic acids is 2. The van der Waals surface area contributed by atoms with Gasteiger partial charge in [0.1, 0.15) is 0 Å². The number of rotatable bonds is 3. The van der Waals surface area contributed by atoms with Crippen molar-refractivity contribution in [1.29, 1.82) is 0 Å². The molecule has 2 aromatic carbocycles. The number of hydrogen-bond donors (Lipinski definition) is 1. The van der Waals surface area contributed by atoms with Gasteiger partial charge in [-0.15, -0.1) is 0 Å². The first-order valence-corrected chi connectivity index (χ1v) is 9.49. The zero-order chi connectivity index (χ0) is 21.2. The van der Waals surface area contributed by atoms with Crippen LogP contribution in [0.1, 0.15) is 39.9 Å². The number of anilines is 1. The average molecular weight is 404 g/mol. The van der Waals surface area contributed by atoms with E-state index in [1.807, 2.05) is 32.0 Å². The number of alkyl halides is 3. The molecule has 3 rings (SSSR count). The van der Waals surface area contributed by atoms with Gasteiger partial charge in [0, 0.05) is 24.3 Å². The van der Waals surface area contributed by atoms with Crippen LogP contribution in [-0.2, 0) is 11.0 Å². The minimum Gasteiger partial charge on any atom is -0.338 e. The summed E-state index contributed by atoms with van der Waals surface area (Å²) in [7, 11) is 0. The summed E-state index contributed by atoms with van der Waals surface area (Å²) in [4.78, 5) is 27.1. The van der Waals surface area contributed by atoms with Crippen LogP contribution < -0.4 is 5.32 Å². The molecule has 0 saturated carbocycles. The zero-order valence-corrected chi connectivity index (χ0v) is 16.3. The summed E-state index contributed by atoms with van der Waals surface area (Å²) in [5, 5.41) is 2.56. The van der Waals surface area contributed by atoms with E-state index in [1.165, 1.54) is 12.1 Å². The van der Waals surface area contributed by atoms with Crippen molar-refractivity contribution in [2.45, 2.75) is 32.9 Å². The Hall–Kier alpha value is -2.83. The maximum Gasteiger partial charge on any atom is 0.416 e. The largest absolute Gasteiger partial charge is 0.416 e. The number of nitrogens with one attached hydrogen (secondary N) is 1. The minimum atomic E-state index is -4.47. The molecule has 1 aliphatic heterocycles. The Morgan fingerprint density at radius 2 is 1.76 bits per heavy atom. The maximum atomic E-state index is 12.9. The molecule has 1 aliphatic rings. The smallest absolute Gasteiger partial charge is 0.338 e. The third-order valence-corrected chi connectivity index (χ3v) is 5.01. The monoisotopic (exact) mass is 404 g/mol. The fraction of sp³-hybridized carbons (Fsp3) is 0.364. The van der Waals surface area contributed by atoms with Crippen LogP contribution >= 0.6 is 0 Å². The second kappa shape index (κ2) is 8.27. The van der Waals surface area contributed by atoms with Crippen LogP contribution in [0.15, 0.2) is 42.5 Å². The standard InChI is InChI=1S/C22H23F3N2O2/c1-14-9-15(2)11-17(10-14)21(29)27-8-4-5-16(13-27)20(28)26-19-7-3-6-18(12-19)22(23,24)25/h3,6-7,9-12,16H,4-5,8,13H2,1-2H3,(H,26,28)/t16-/m1/s1. The van der Waals surface area contributed by atoms with E-state index in [0.29, 0.717) is 24.9 Å². The van der Waals surface area contributed by atoms with Gasteiger partial charge in [0.2, 0.25) is 5.91 Å². The van der Waals surface area contributed by atoms with Crippen molar-refractivity contribution in [2.24, 2.45) is 5.92 Å². The summed E-state index contributed by atoms with van der Waals surface area (Å²) in [5.74, 6) is -0.969. The molecule has 1 saturated heterocycles. The molecule has 1 atom stereocenters. The van der Waals surface area contributed by atoms with E-state index in [4.69, 9.17) is 0 Å². The van der Waals surface area contributed by atoms with Crippen LogP contribution in [-0.4, -0.2) is 29.8 Å². The summed E-state index contributed by atoms with van der Waals surface area (Å²) in [6.07, 6.45) is -3.22. The second-order valence-corrected chi connectivity index (χ2v) is 7.53. The fourth-order valence-electron chi connectivity index (χ4n) is 3.67. The second-order valence-electron chi connectivity index (χ2n) is 7.53. The lowest BCUT2D eigenvalue weighted by atomic mass is 9.96. The van der Waals surface area contributed by atoms with Crippen LogP contribution in [0.2, 0.25) is 0 Å². The first-order valence-electron chi connectivity index (χ1n) is 9.49. The molecule has 1 N–H and O–H groups in total. The highest BCUT2D eigenvalue weighted by Gasteiger charge is 2.32. The molecule has 1 heterocycles. The van der Waals surface area contributed by atoms with Gasteiger partial charge in [-0.25, -0.2) is 0 Å². The zero-order valence-electron chi connectivity index (χ0n) is 16.3. The molecule has 2 aromatic rings. The summed E-state index contributed by atoms with van der Waals surface area (Å²) < 4.78 is 38.6. The van der Waals surface area contributed by atoms with Gasteiger partial charge in [0.15, 0.2) is 0 Å². The first-order chi connectivity index (χ1) is 13.6. The van der Waals surface area contributed by atoms with E-state index in [9.17, 15) is 22.8 Å². The van der Waals surface area contributed by atoms with Crippen molar-refractivity contribution in [2.75, 3.05) is 18.4 Å². The highest BCUT2D eigenvalue weighted by atomic mass is 19.4. The third kappa shape index (κ3) is 5.16. The molecule has 1 fully saturated rings. The molecule has 0 aliphatic carbocycles. The number of piperidine rings is 1. The van der Waals surface area contributed by atoms with Gasteiger partial charge in [-0.3, -0.25) is 9.59 Å². The molecule has 154 valence electrons. The molecule has 0 spiro atoms. The van der Waals surface area contributed by atoms with Gasteiger partial charge in [0.25, 0.3) is 5.91 Å². The number of likely N-dealkylation sites (tertiary alicyclic amines) is 1. The Kier molecular flexibility index (Phi) is 5.96. The van der Waals surface area contributed by atoms with E-state index >= 15 is 0 Å². The van der Waals surface area contributed by atoms with Crippen molar-refractivity contribution in [3.05, 3.63) is 64.7 Å². The number of nitrogens with zero attached hydrogens (tertiary/aromatic N) is 1. The van der Waals surface area contributed by atoms with Crippen LogP contribution in [0.25, 0.3) is 0 Å². The van der Waals surface area contributed by atoms with E-state index in [0.717, 1.165) is 23.3 Å². The number of benzene rings is 2. The van der Waals surface area contributed by atoms with Crippen molar-refractivity contribution < 1.29 is 22.8 Å². The lowest BCUT2D eigenvalue weighted by Crippen LogP contribution is -2.43. The van der Waals surface area contributed by atoms with Crippen LogP contribution in [0.3, 0.4) is 0 Å². The SMILES string of the molecule is Cc1cc(C)cc(C(=O)N2CCC[C@@H](C(=O)Nc3cccc(C(F)(F)F)c3)C2)c1. The Bertz CT molecular complexity index is 904. The predicted octanol–water partition coefficient (Wildman–Crippen LogP) is 4.81. The summed E-state index contributed by atoms with van der Waals surface area (Å²) in [6.45, 7) is 4.65. The molecule has 2 amide bonds. The fourth-order valence-corrected chi connectivity index (χ4v) is 3.67. The van der Waals surface area contributed by atoms with Crippen molar-refractivity contribution in [3.8, 4) is 0 Å². The predicted molar refractivity (Wildman–Crippen MR) is 105 cm³/mol. The molecule has 0 radical (unpaired) electrons. The molecule has 0 aromatic heterocycles. The number of carbonyl (C=O) groups is 2. The molecule has 0 bridgehead atoms. The number of halogens is 3. The van der Waals surface area contributed by atoms with Crippen LogP contribution in [0.5, 0.6) is 0 Å². The molecule has 7 heteroatoms. The van der Waals surface area contributed by atoms with E-state index in [2.05, 4.69) is 5.32 Å². The topological polar surface area (TPSA) is 49.4 Å². The van der Waals surface area contributed by atoms with Crippen molar-refractivity contribution in [1.82, 2.24) is 4.90 Å². The highest BCUT2D eigenvalue weighted by molar-refractivity contribution is 5.96. The number of aryl methyl sites for hydroxylation is 2. The van der Waals surface area contributed by atoms with Gasteiger partial charge in [-0.2, -0.15) is 13.2 Å². The Morgan fingerprint density at radius 1 is 1.07 bits per heavy atom. The normalized spacial score (nSPS) is 17.1. The van der Waals surface area contributed by atoms with Crippen LogP contribution in [0, 0.1) is 19.8 Å². The lowest BCUT2D eigenvalue weighted by Gasteiger charge is -2.32. The van der Waals surface area contributed by atoms with Crippen molar-refractivity contribution in [3.63, 3.8) is 0 Å². The molecule has 0 unspecified atom stereocenters. The van der Waals surface area contributed by atoms with Gasteiger partial charge >= 0.3 is 6.18 Å².